The summed E-state index contributed by atoms with van der Waals surface area (Å²) in [4.78, 5) is 13.3. The topological polar surface area (TPSA) is 66.2 Å². The number of aromatic nitrogens is 4. The molecule has 0 aliphatic heterocycles. The predicted octanol–water partition coefficient (Wildman–Crippen LogP) is 3.22. The van der Waals surface area contributed by atoms with E-state index < -0.39 is 0 Å². The van der Waals surface area contributed by atoms with Crippen LogP contribution in [0.15, 0.2) is 40.0 Å². The number of H-pyrrole nitrogens is 1. The molecule has 0 bridgehead atoms. The van der Waals surface area contributed by atoms with Crippen LogP contribution in [0, 0.1) is 6.92 Å². The van der Waals surface area contributed by atoms with Crippen LogP contribution in [0.5, 0.6) is 0 Å². The molecule has 0 saturated heterocycles. The quantitative estimate of drug-likeness (QED) is 0.609. The van der Waals surface area contributed by atoms with Gasteiger partial charge in [0.25, 0.3) is 0 Å². The van der Waals surface area contributed by atoms with Crippen LogP contribution in [0.4, 0.5) is 0 Å². The van der Waals surface area contributed by atoms with Crippen LogP contribution in [0.25, 0.3) is 16.0 Å². The van der Waals surface area contributed by atoms with Gasteiger partial charge in [-0.05, 0) is 36.4 Å². The molecule has 21 heavy (non-hydrogen) atoms. The minimum atomic E-state index is -0.0421. The molecule has 0 saturated carbocycles. The summed E-state index contributed by atoms with van der Waals surface area (Å²) in [7, 11) is 0. The Labute approximate surface area is 128 Å². The highest BCUT2D eigenvalue weighted by Gasteiger charge is 2.15. The van der Waals surface area contributed by atoms with Crippen molar-refractivity contribution in [3.05, 3.63) is 41.0 Å². The summed E-state index contributed by atoms with van der Waals surface area (Å²) in [6.07, 6.45) is 1.92. The summed E-state index contributed by atoms with van der Waals surface area (Å²) in [6.45, 7) is 2.01. The van der Waals surface area contributed by atoms with Gasteiger partial charge in [-0.15, -0.1) is 11.3 Å². The standard InChI is InChI=1S/C14H12N4OS2/c1-8-2-3-9-10(6-8)16-13(15-9)21-12-11(7-19)18-4-5-20-14(18)17-12/h2-6,19H,7H2,1H3,(H,15,16). The number of aliphatic hydroxyl groups is 1. The zero-order valence-corrected chi connectivity index (χ0v) is 12.8. The van der Waals surface area contributed by atoms with E-state index in [1.165, 1.54) is 17.3 Å². The zero-order chi connectivity index (χ0) is 14.4. The van der Waals surface area contributed by atoms with E-state index in [0.717, 1.165) is 31.9 Å². The van der Waals surface area contributed by atoms with E-state index in [4.69, 9.17) is 0 Å². The Kier molecular flexibility index (Phi) is 2.99. The summed E-state index contributed by atoms with van der Waals surface area (Å²) in [6, 6.07) is 6.12. The highest BCUT2D eigenvalue weighted by Crippen LogP contribution is 2.31. The monoisotopic (exact) mass is 316 g/mol. The van der Waals surface area contributed by atoms with Gasteiger partial charge < -0.3 is 10.1 Å². The number of hydrogen-bond donors (Lipinski definition) is 2. The van der Waals surface area contributed by atoms with Gasteiger partial charge >= 0.3 is 0 Å². The largest absolute Gasteiger partial charge is 0.390 e. The van der Waals surface area contributed by atoms with Crippen molar-refractivity contribution in [3.8, 4) is 0 Å². The van der Waals surface area contributed by atoms with E-state index in [1.54, 1.807) is 11.3 Å². The fraction of sp³-hybridized carbons (Fsp3) is 0.143. The fourth-order valence-electron chi connectivity index (χ4n) is 2.28. The van der Waals surface area contributed by atoms with Crippen LogP contribution in [-0.2, 0) is 6.61 Å². The lowest BCUT2D eigenvalue weighted by molar-refractivity contribution is 0.272. The maximum Gasteiger partial charge on any atom is 0.195 e. The van der Waals surface area contributed by atoms with Crippen LogP contribution in [0.2, 0.25) is 0 Å². The number of imidazole rings is 2. The van der Waals surface area contributed by atoms with Crippen LogP contribution in [0.3, 0.4) is 0 Å². The van der Waals surface area contributed by atoms with Crippen molar-refractivity contribution in [2.24, 2.45) is 0 Å². The first-order valence-electron chi connectivity index (χ1n) is 6.44. The molecule has 5 nitrogen and oxygen atoms in total. The zero-order valence-electron chi connectivity index (χ0n) is 11.2. The first-order chi connectivity index (χ1) is 10.2. The third-order valence-corrected chi connectivity index (χ3v) is 4.95. The van der Waals surface area contributed by atoms with Gasteiger partial charge in [-0.1, -0.05) is 6.07 Å². The molecule has 0 fully saturated rings. The maximum atomic E-state index is 9.58. The Hall–Kier alpha value is -1.83. The molecular weight excluding hydrogens is 304 g/mol. The van der Waals surface area contributed by atoms with E-state index in [1.807, 2.05) is 28.1 Å². The van der Waals surface area contributed by atoms with Gasteiger partial charge in [-0.25, -0.2) is 9.97 Å². The van der Waals surface area contributed by atoms with Crippen molar-refractivity contribution in [2.45, 2.75) is 23.7 Å². The molecule has 1 aromatic carbocycles. The molecule has 0 spiro atoms. The third kappa shape index (κ3) is 2.14. The fourth-order valence-corrected chi connectivity index (χ4v) is 3.97. The predicted molar refractivity (Wildman–Crippen MR) is 83.9 cm³/mol. The average molecular weight is 316 g/mol. The molecule has 0 aliphatic carbocycles. The van der Waals surface area contributed by atoms with Crippen LogP contribution in [0.1, 0.15) is 11.3 Å². The number of fused-ring (bicyclic) bond motifs is 2. The number of aliphatic hydroxyl groups excluding tert-OH is 1. The molecule has 0 amide bonds. The Morgan fingerprint density at radius 2 is 2.29 bits per heavy atom. The van der Waals surface area contributed by atoms with Crippen molar-refractivity contribution in [1.82, 2.24) is 19.4 Å². The smallest absolute Gasteiger partial charge is 0.195 e. The lowest BCUT2D eigenvalue weighted by atomic mass is 10.2. The molecule has 2 N–H and O–H groups in total. The van der Waals surface area contributed by atoms with Crippen molar-refractivity contribution in [2.75, 3.05) is 0 Å². The van der Waals surface area contributed by atoms with Crippen LogP contribution in [-0.4, -0.2) is 24.5 Å². The molecule has 0 aliphatic rings. The normalized spacial score (nSPS) is 11.7. The number of aryl methyl sites for hydroxylation is 1. The molecular formula is C14H12N4OS2. The molecule has 3 aromatic heterocycles. The summed E-state index contributed by atoms with van der Waals surface area (Å²) in [5.74, 6) is 0. The SMILES string of the molecule is Cc1ccc2nc(Sc3nc4sccn4c3CO)[nH]c2c1. The van der Waals surface area contributed by atoms with Crippen molar-refractivity contribution in [3.63, 3.8) is 0 Å². The second kappa shape index (κ2) is 4.87. The molecule has 0 atom stereocenters. The van der Waals surface area contributed by atoms with Gasteiger partial charge in [0.2, 0.25) is 0 Å². The summed E-state index contributed by atoms with van der Waals surface area (Å²) < 4.78 is 1.92. The van der Waals surface area contributed by atoms with Gasteiger partial charge in [0.05, 0.1) is 23.3 Å². The number of hydrogen-bond acceptors (Lipinski definition) is 5. The Bertz CT molecular complexity index is 937. The van der Waals surface area contributed by atoms with E-state index in [2.05, 4.69) is 27.9 Å². The van der Waals surface area contributed by atoms with Gasteiger partial charge in [-0.3, -0.25) is 4.40 Å². The van der Waals surface area contributed by atoms with Gasteiger partial charge in [0, 0.05) is 11.6 Å². The second-order valence-corrected chi connectivity index (χ2v) is 6.59. The van der Waals surface area contributed by atoms with Crippen molar-refractivity contribution in [1.29, 1.82) is 0 Å². The minimum absolute atomic E-state index is 0.0421. The van der Waals surface area contributed by atoms with Crippen LogP contribution >= 0.6 is 23.1 Å². The van der Waals surface area contributed by atoms with Crippen molar-refractivity contribution < 1.29 is 5.11 Å². The molecule has 7 heteroatoms. The molecule has 4 aromatic rings. The maximum absolute atomic E-state index is 9.58. The van der Waals surface area contributed by atoms with Crippen molar-refractivity contribution >= 4 is 39.1 Å². The number of rotatable bonds is 3. The number of benzene rings is 1. The number of nitrogens with zero attached hydrogens (tertiary/aromatic N) is 3. The molecule has 106 valence electrons. The van der Waals surface area contributed by atoms with Gasteiger partial charge in [0.15, 0.2) is 10.1 Å². The van der Waals surface area contributed by atoms with Gasteiger partial charge in [0.1, 0.15) is 5.03 Å². The summed E-state index contributed by atoms with van der Waals surface area (Å²) in [5.41, 5.74) is 3.95. The molecule has 0 radical (unpaired) electrons. The molecule has 3 heterocycles. The first-order valence-corrected chi connectivity index (χ1v) is 8.14. The lowest BCUT2D eigenvalue weighted by Gasteiger charge is -1.97. The Morgan fingerprint density at radius 1 is 1.38 bits per heavy atom. The Morgan fingerprint density at radius 3 is 3.14 bits per heavy atom. The molecule has 0 unspecified atom stereocenters. The van der Waals surface area contributed by atoms with E-state index in [-0.39, 0.29) is 6.61 Å². The third-order valence-electron chi connectivity index (χ3n) is 3.28. The summed E-state index contributed by atoms with van der Waals surface area (Å²) in [5, 5.41) is 13.1. The lowest BCUT2D eigenvalue weighted by Crippen LogP contribution is -1.91. The molecule has 4 rings (SSSR count). The number of thiazole rings is 1. The number of aromatic amines is 1. The first kappa shape index (κ1) is 12.9. The van der Waals surface area contributed by atoms with E-state index in [9.17, 15) is 5.11 Å². The van der Waals surface area contributed by atoms with Gasteiger partial charge in [-0.2, -0.15) is 0 Å². The van der Waals surface area contributed by atoms with E-state index in [0.29, 0.717) is 0 Å². The average Bonchev–Trinajstić information content (AvgIpc) is 3.11. The van der Waals surface area contributed by atoms with E-state index >= 15 is 0 Å². The van der Waals surface area contributed by atoms with Crippen LogP contribution < -0.4 is 0 Å². The second-order valence-electron chi connectivity index (χ2n) is 4.74. The highest BCUT2D eigenvalue weighted by atomic mass is 32.2. The summed E-state index contributed by atoms with van der Waals surface area (Å²) >= 11 is 3.00. The Balaban J connectivity index is 1.76. The number of nitrogens with one attached hydrogen (secondary N) is 1. The highest BCUT2D eigenvalue weighted by molar-refractivity contribution is 7.99. The minimum Gasteiger partial charge on any atom is -0.390 e.